The van der Waals surface area contributed by atoms with E-state index in [1.807, 2.05) is 0 Å². The van der Waals surface area contributed by atoms with E-state index >= 15 is 0 Å². The van der Waals surface area contributed by atoms with Crippen LogP contribution in [0, 0.1) is 0 Å². The summed E-state index contributed by atoms with van der Waals surface area (Å²) in [5.41, 5.74) is 6.70. The van der Waals surface area contributed by atoms with Crippen molar-refractivity contribution in [1.82, 2.24) is 9.97 Å². The zero-order valence-corrected chi connectivity index (χ0v) is 13.3. The Labute approximate surface area is 131 Å². The summed E-state index contributed by atoms with van der Waals surface area (Å²) in [6, 6.07) is 0.503. The number of ether oxygens (including phenoxy) is 2. The van der Waals surface area contributed by atoms with Crippen LogP contribution < -0.4 is 15.8 Å². The number of rotatable bonds is 7. The van der Waals surface area contributed by atoms with Crippen LogP contribution in [0.1, 0.15) is 56.7 Å². The van der Waals surface area contributed by atoms with E-state index in [0.717, 1.165) is 24.5 Å². The molecule has 0 saturated heterocycles. The fourth-order valence-electron chi connectivity index (χ4n) is 2.87. The molecule has 0 bridgehead atoms. The average Bonchev–Trinajstić information content (AvgIpc) is 3.36. The summed E-state index contributed by atoms with van der Waals surface area (Å²) in [7, 11) is 1.65. The minimum absolute atomic E-state index is 0.430. The lowest BCUT2D eigenvalue weighted by molar-refractivity contribution is 0.144. The van der Waals surface area contributed by atoms with E-state index in [4.69, 9.17) is 20.2 Å². The van der Waals surface area contributed by atoms with Gasteiger partial charge in [0.25, 0.3) is 0 Å². The summed E-state index contributed by atoms with van der Waals surface area (Å²) >= 11 is 0. The zero-order chi connectivity index (χ0) is 15.4. The zero-order valence-electron chi connectivity index (χ0n) is 13.3. The number of hydrogen-bond donors (Lipinski definition) is 2. The van der Waals surface area contributed by atoms with Gasteiger partial charge >= 0.3 is 0 Å². The van der Waals surface area contributed by atoms with Crippen molar-refractivity contribution in [3.63, 3.8) is 0 Å². The highest BCUT2D eigenvalue weighted by molar-refractivity contribution is 5.67. The number of aromatic nitrogens is 2. The molecule has 0 aromatic carbocycles. The van der Waals surface area contributed by atoms with Crippen molar-refractivity contribution < 1.29 is 9.47 Å². The molecule has 6 nitrogen and oxygen atoms in total. The third kappa shape index (κ3) is 3.80. The summed E-state index contributed by atoms with van der Waals surface area (Å²) < 4.78 is 10.7. The number of nitrogens with zero attached hydrogens (tertiary/aromatic N) is 2. The van der Waals surface area contributed by atoms with Crippen LogP contribution in [0.25, 0.3) is 0 Å². The molecule has 0 spiro atoms. The second kappa shape index (κ2) is 7.13. The topological polar surface area (TPSA) is 82.3 Å². The molecule has 1 aromatic heterocycles. The minimum atomic E-state index is 0.430. The third-order valence-corrected chi connectivity index (χ3v) is 4.34. The van der Waals surface area contributed by atoms with Gasteiger partial charge in [0, 0.05) is 19.1 Å². The van der Waals surface area contributed by atoms with Gasteiger partial charge in [0.2, 0.25) is 5.88 Å². The van der Waals surface area contributed by atoms with Gasteiger partial charge in [0.15, 0.2) is 5.82 Å². The molecule has 3 N–H and O–H groups in total. The Morgan fingerprint density at radius 1 is 1.09 bits per heavy atom. The molecular formula is C16H26N4O2. The number of anilines is 2. The van der Waals surface area contributed by atoms with Gasteiger partial charge in [-0.05, 0) is 25.7 Å². The summed E-state index contributed by atoms with van der Waals surface area (Å²) in [6.45, 7) is 0.971. The molecule has 2 saturated carbocycles. The standard InChI is InChI=1S/C16H26N4O2/c1-21-9-10-22-16-13(17)15(18-12-7-8-12)19-14(20-16)11-5-3-2-4-6-11/h11-12H,2-10,17H2,1H3,(H,18,19,20). The Morgan fingerprint density at radius 2 is 1.86 bits per heavy atom. The minimum Gasteiger partial charge on any atom is -0.474 e. The van der Waals surface area contributed by atoms with E-state index in [-0.39, 0.29) is 0 Å². The highest BCUT2D eigenvalue weighted by atomic mass is 16.5. The molecule has 0 amide bonds. The first-order valence-electron chi connectivity index (χ1n) is 8.33. The van der Waals surface area contributed by atoms with Crippen LogP contribution in [0.15, 0.2) is 0 Å². The number of nitrogens with one attached hydrogen (secondary N) is 1. The molecule has 0 radical (unpaired) electrons. The maximum absolute atomic E-state index is 6.19. The quantitative estimate of drug-likeness (QED) is 0.754. The Morgan fingerprint density at radius 3 is 2.55 bits per heavy atom. The highest BCUT2D eigenvalue weighted by Crippen LogP contribution is 2.36. The Balaban J connectivity index is 1.81. The molecule has 1 heterocycles. The average molecular weight is 306 g/mol. The lowest BCUT2D eigenvalue weighted by Gasteiger charge is -2.22. The summed E-state index contributed by atoms with van der Waals surface area (Å²) in [4.78, 5) is 9.31. The predicted octanol–water partition coefficient (Wildman–Crippen LogP) is 2.71. The van der Waals surface area contributed by atoms with E-state index in [0.29, 0.717) is 36.7 Å². The molecule has 0 atom stereocenters. The molecule has 2 fully saturated rings. The van der Waals surface area contributed by atoms with E-state index in [1.165, 1.54) is 32.1 Å². The van der Waals surface area contributed by atoms with Gasteiger partial charge in [0.1, 0.15) is 18.1 Å². The number of nitrogens with two attached hydrogens (primary N) is 1. The summed E-state index contributed by atoms with van der Waals surface area (Å²) in [5, 5.41) is 3.41. The number of hydrogen-bond acceptors (Lipinski definition) is 6. The molecule has 0 aliphatic heterocycles. The normalized spacial score (nSPS) is 19.1. The van der Waals surface area contributed by atoms with Crippen molar-refractivity contribution in [3.8, 4) is 5.88 Å². The first-order chi connectivity index (χ1) is 10.8. The van der Waals surface area contributed by atoms with Gasteiger partial charge in [0.05, 0.1) is 6.61 Å². The molecule has 3 rings (SSSR count). The fourth-order valence-corrected chi connectivity index (χ4v) is 2.87. The van der Waals surface area contributed by atoms with E-state index in [2.05, 4.69) is 10.3 Å². The van der Waals surface area contributed by atoms with Crippen molar-refractivity contribution in [2.24, 2.45) is 0 Å². The lowest BCUT2D eigenvalue weighted by Crippen LogP contribution is -2.16. The van der Waals surface area contributed by atoms with Crippen LogP contribution in [0.3, 0.4) is 0 Å². The van der Waals surface area contributed by atoms with E-state index < -0.39 is 0 Å². The monoisotopic (exact) mass is 306 g/mol. The van der Waals surface area contributed by atoms with E-state index in [1.54, 1.807) is 7.11 Å². The fraction of sp³-hybridized carbons (Fsp3) is 0.750. The molecule has 0 unspecified atom stereocenters. The van der Waals surface area contributed by atoms with Crippen LogP contribution in [-0.2, 0) is 4.74 Å². The largest absolute Gasteiger partial charge is 0.474 e. The molecule has 2 aliphatic rings. The molecule has 2 aliphatic carbocycles. The Kier molecular flexibility index (Phi) is 4.97. The van der Waals surface area contributed by atoms with E-state index in [9.17, 15) is 0 Å². The molecular weight excluding hydrogens is 280 g/mol. The first kappa shape index (κ1) is 15.3. The molecule has 6 heteroatoms. The van der Waals surface area contributed by atoms with Crippen LogP contribution in [0.2, 0.25) is 0 Å². The number of nitrogen functional groups attached to an aromatic ring is 1. The molecule has 22 heavy (non-hydrogen) atoms. The second-order valence-electron chi connectivity index (χ2n) is 6.24. The van der Waals surface area contributed by atoms with Gasteiger partial charge in [-0.3, -0.25) is 0 Å². The summed E-state index contributed by atoms with van der Waals surface area (Å²) in [6.07, 6.45) is 8.50. The molecule has 1 aromatic rings. The van der Waals surface area contributed by atoms with Gasteiger partial charge < -0.3 is 20.5 Å². The smallest absolute Gasteiger partial charge is 0.242 e. The third-order valence-electron chi connectivity index (χ3n) is 4.34. The predicted molar refractivity (Wildman–Crippen MR) is 86.3 cm³/mol. The maximum Gasteiger partial charge on any atom is 0.242 e. The Hall–Kier alpha value is -1.56. The van der Waals surface area contributed by atoms with Gasteiger partial charge in [-0.2, -0.15) is 4.98 Å². The number of methoxy groups -OCH3 is 1. The van der Waals surface area contributed by atoms with Gasteiger partial charge in [-0.25, -0.2) is 4.98 Å². The summed E-state index contributed by atoms with van der Waals surface area (Å²) in [5.74, 6) is 2.55. The molecule has 122 valence electrons. The van der Waals surface area contributed by atoms with Crippen molar-refractivity contribution in [1.29, 1.82) is 0 Å². The van der Waals surface area contributed by atoms with Crippen molar-refractivity contribution >= 4 is 11.5 Å². The Bertz CT molecular complexity index is 499. The lowest BCUT2D eigenvalue weighted by atomic mass is 9.88. The highest BCUT2D eigenvalue weighted by Gasteiger charge is 2.26. The van der Waals surface area contributed by atoms with Crippen LogP contribution in [0.4, 0.5) is 11.5 Å². The van der Waals surface area contributed by atoms with Gasteiger partial charge in [-0.15, -0.1) is 0 Å². The van der Waals surface area contributed by atoms with Crippen molar-refractivity contribution in [2.45, 2.75) is 56.9 Å². The maximum atomic E-state index is 6.19. The SMILES string of the molecule is COCCOc1nc(C2CCCCC2)nc(NC2CC2)c1N. The van der Waals surface area contributed by atoms with Crippen molar-refractivity contribution in [3.05, 3.63) is 5.82 Å². The van der Waals surface area contributed by atoms with Crippen LogP contribution in [0.5, 0.6) is 5.88 Å². The first-order valence-corrected chi connectivity index (χ1v) is 8.33. The van der Waals surface area contributed by atoms with Gasteiger partial charge in [-0.1, -0.05) is 19.3 Å². The van der Waals surface area contributed by atoms with Crippen LogP contribution in [-0.4, -0.2) is 36.3 Å². The van der Waals surface area contributed by atoms with Crippen molar-refractivity contribution in [2.75, 3.05) is 31.4 Å². The second-order valence-corrected chi connectivity index (χ2v) is 6.24. The van der Waals surface area contributed by atoms with Crippen LogP contribution >= 0.6 is 0 Å².